The van der Waals surface area contributed by atoms with Gasteiger partial charge in [-0.1, -0.05) is 28.1 Å². The Morgan fingerprint density at radius 1 is 1.22 bits per heavy atom. The molecule has 0 fully saturated rings. The summed E-state index contributed by atoms with van der Waals surface area (Å²) in [6.07, 6.45) is 0.741. The van der Waals surface area contributed by atoms with Crippen LogP contribution < -0.4 is 10.1 Å². The number of carbonyl (C=O) groups is 1. The van der Waals surface area contributed by atoms with Gasteiger partial charge in [0.1, 0.15) is 11.4 Å². The fraction of sp³-hybridized carbons (Fsp3) is 0.316. The van der Waals surface area contributed by atoms with Crippen molar-refractivity contribution < 1.29 is 9.53 Å². The molecule has 1 atom stereocenters. The lowest BCUT2D eigenvalue weighted by Gasteiger charge is -2.38. The molecule has 1 aliphatic rings. The molecule has 2 aromatic carbocycles. The molecule has 4 heteroatoms. The lowest BCUT2D eigenvalue weighted by molar-refractivity contribution is 0.0619. The van der Waals surface area contributed by atoms with E-state index in [0.717, 1.165) is 27.8 Å². The van der Waals surface area contributed by atoms with Crippen molar-refractivity contribution in [1.29, 1.82) is 0 Å². The van der Waals surface area contributed by atoms with Crippen molar-refractivity contribution in [3.63, 3.8) is 0 Å². The number of halogens is 1. The number of carbonyl (C=O) groups excluding carboxylic acids is 1. The topological polar surface area (TPSA) is 38.3 Å². The molecular formula is C19H20BrNO2. The lowest BCUT2D eigenvalue weighted by Crippen LogP contribution is -2.41. The van der Waals surface area contributed by atoms with Gasteiger partial charge in [-0.15, -0.1) is 0 Å². The van der Waals surface area contributed by atoms with Crippen molar-refractivity contribution in [3.05, 3.63) is 63.6 Å². The average molecular weight is 374 g/mol. The van der Waals surface area contributed by atoms with E-state index < -0.39 is 0 Å². The van der Waals surface area contributed by atoms with Gasteiger partial charge in [0.15, 0.2) is 0 Å². The van der Waals surface area contributed by atoms with Crippen molar-refractivity contribution in [2.24, 2.45) is 0 Å². The van der Waals surface area contributed by atoms with Crippen molar-refractivity contribution >= 4 is 21.8 Å². The Hall–Kier alpha value is -1.81. The molecule has 1 N–H and O–H groups in total. The van der Waals surface area contributed by atoms with Crippen molar-refractivity contribution in [3.8, 4) is 5.75 Å². The first-order valence-corrected chi connectivity index (χ1v) is 8.49. The van der Waals surface area contributed by atoms with Crippen molar-refractivity contribution in [2.75, 3.05) is 0 Å². The van der Waals surface area contributed by atoms with Crippen LogP contribution in [-0.4, -0.2) is 11.5 Å². The van der Waals surface area contributed by atoms with Crippen LogP contribution in [0.15, 0.2) is 46.9 Å². The van der Waals surface area contributed by atoms with Crippen LogP contribution in [0.25, 0.3) is 0 Å². The maximum atomic E-state index is 12.5. The summed E-state index contributed by atoms with van der Waals surface area (Å²) in [6.45, 7) is 6.15. The summed E-state index contributed by atoms with van der Waals surface area (Å²) in [5.74, 6) is 0.800. The smallest absolute Gasteiger partial charge is 0.251 e. The highest BCUT2D eigenvalue weighted by Gasteiger charge is 2.34. The number of hydrogen-bond donors (Lipinski definition) is 1. The Kier molecular flexibility index (Phi) is 4.19. The first-order chi connectivity index (χ1) is 10.8. The van der Waals surface area contributed by atoms with Crippen LogP contribution in [0.5, 0.6) is 5.75 Å². The Labute approximate surface area is 145 Å². The second kappa shape index (κ2) is 6.00. The third-order valence-electron chi connectivity index (χ3n) is 4.04. The first-order valence-electron chi connectivity index (χ1n) is 7.70. The number of hydrogen-bond acceptors (Lipinski definition) is 2. The quantitative estimate of drug-likeness (QED) is 0.821. The Balaban J connectivity index is 1.87. The summed E-state index contributed by atoms with van der Waals surface area (Å²) in [5, 5.41) is 3.15. The Morgan fingerprint density at radius 3 is 2.61 bits per heavy atom. The van der Waals surface area contributed by atoms with E-state index in [1.807, 2.05) is 43.3 Å². The second-order valence-corrected chi connectivity index (χ2v) is 7.56. The van der Waals surface area contributed by atoms with Gasteiger partial charge in [-0.25, -0.2) is 0 Å². The molecule has 0 saturated heterocycles. The fourth-order valence-corrected chi connectivity index (χ4v) is 3.19. The zero-order chi connectivity index (χ0) is 16.6. The predicted molar refractivity (Wildman–Crippen MR) is 94.9 cm³/mol. The lowest BCUT2D eigenvalue weighted by atomic mass is 9.89. The highest BCUT2D eigenvalue weighted by molar-refractivity contribution is 9.10. The summed E-state index contributed by atoms with van der Waals surface area (Å²) in [7, 11) is 0. The monoisotopic (exact) mass is 373 g/mol. The van der Waals surface area contributed by atoms with Crippen LogP contribution in [0.1, 0.15) is 47.8 Å². The van der Waals surface area contributed by atoms with Gasteiger partial charge < -0.3 is 10.1 Å². The summed E-state index contributed by atoms with van der Waals surface area (Å²) in [6, 6.07) is 13.5. The largest absolute Gasteiger partial charge is 0.487 e. The normalized spacial score (nSPS) is 18.7. The minimum atomic E-state index is -0.307. The molecule has 1 amide bonds. The zero-order valence-electron chi connectivity index (χ0n) is 13.5. The standard InChI is InChI=1S/C19H20BrNO2/c1-12-4-9-15-16(11-19(2,3)23-17(15)10-12)21-18(22)13-5-7-14(20)8-6-13/h4-10,16H,11H2,1-3H3,(H,21,22)/t16-/m1/s1. The van der Waals surface area contributed by atoms with Crippen LogP contribution in [0.2, 0.25) is 0 Å². The van der Waals surface area contributed by atoms with Gasteiger partial charge in [0.05, 0.1) is 6.04 Å². The van der Waals surface area contributed by atoms with Gasteiger partial charge in [0.2, 0.25) is 0 Å². The molecule has 0 radical (unpaired) electrons. The van der Waals surface area contributed by atoms with E-state index in [0.29, 0.717) is 5.56 Å². The van der Waals surface area contributed by atoms with E-state index in [-0.39, 0.29) is 17.6 Å². The minimum Gasteiger partial charge on any atom is -0.487 e. The van der Waals surface area contributed by atoms with Crippen LogP contribution >= 0.6 is 15.9 Å². The molecule has 120 valence electrons. The molecule has 1 heterocycles. The summed E-state index contributed by atoms with van der Waals surface area (Å²) >= 11 is 3.39. The Morgan fingerprint density at radius 2 is 1.91 bits per heavy atom. The third-order valence-corrected chi connectivity index (χ3v) is 4.57. The molecule has 1 aliphatic heterocycles. The maximum Gasteiger partial charge on any atom is 0.251 e. The highest BCUT2D eigenvalue weighted by atomic mass is 79.9. The highest BCUT2D eigenvalue weighted by Crippen LogP contribution is 2.40. The third kappa shape index (κ3) is 3.58. The number of ether oxygens (including phenoxy) is 1. The van der Waals surface area contributed by atoms with E-state index in [1.54, 1.807) is 0 Å². The molecule has 0 unspecified atom stereocenters. The van der Waals surface area contributed by atoms with Crippen LogP contribution in [0, 0.1) is 6.92 Å². The van der Waals surface area contributed by atoms with Gasteiger partial charge in [0, 0.05) is 22.0 Å². The molecule has 3 nitrogen and oxygen atoms in total. The first kappa shape index (κ1) is 16.1. The average Bonchev–Trinajstić information content (AvgIpc) is 2.46. The van der Waals surface area contributed by atoms with Gasteiger partial charge in [0.25, 0.3) is 5.91 Å². The fourth-order valence-electron chi connectivity index (χ4n) is 2.93. The molecule has 2 aromatic rings. The van der Waals surface area contributed by atoms with Crippen LogP contribution in [0.4, 0.5) is 0 Å². The zero-order valence-corrected chi connectivity index (χ0v) is 15.1. The van der Waals surface area contributed by atoms with E-state index in [2.05, 4.69) is 41.2 Å². The molecular weight excluding hydrogens is 354 g/mol. The predicted octanol–water partition coefficient (Wildman–Crippen LogP) is 4.79. The molecule has 0 spiro atoms. The van der Waals surface area contributed by atoms with Crippen LogP contribution in [0.3, 0.4) is 0 Å². The van der Waals surface area contributed by atoms with Gasteiger partial charge in [-0.05, 0) is 56.7 Å². The second-order valence-electron chi connectivity index (χ2n) is 6.64. The van der Waals surface area contributed by atoms with Crippen molar-refractivity contribution in [2.45, 2.75) is 38.8 Å². The van der Waals surface area contributed by atoms with Crippen LogP contribution in [-0.2, 0) is 0 Å². The number of rotatable bonds is 2. The van der Waals surface area contributed by atoms with Gasteiger partial charge >= 0.3 is 0 Å². The van der Waals surface area contributed by atoms with Gasteiger partial charge in [-0.3, -0.25) is 4.79 Å². The molecule has 0 aromatic heterocycles. The summed E-state index contributed by atoms with van der Waals surface area (Å²) in [5.41, 5.74) is 2.55. The van der Waals surface area contributed by atoms with E-state index in [1.165, 1.54) is 0 Å². The van der Waals surface area contributed by atoms with E-state index in [4.69, 9.17) is 4.74 Å². The molecule has 0 aliphatic carbocycles. The number of benzene rings is 2. The number of aryl methyl sites for hydroxylation is 1. The maximum absolute atomic E-state index is 12.5. The molecule has 0 bridgehead atoms. The van der Waals surface area contributed by atoms with E-state index in [9.17, 15) is 4.79 Å². The number of nitrogens with one attached hydrogen (secondary N) is 1. The number of fused-ring (bicyclic) bond motifs is 1. The molecule has 23 heavy (non-hydrogen) atoms. The van der Waals surface area contributed by atoms with Crippen molar-refractivity contribution in [1.82, 2.24) is 5.32 Å². The molecule has 0 saturated carbocycles. The summed E-state index contributed by atoms with van der Waals surface area (Å²) in [4.78, 5) is 12.5. The summed E-state index contributed by atoms with van der Waals surface area (Å²) < 4.78 is 7.04. The Bertz CT molecular complexity index is 738. The SMILES string of the molecule is Cc1ccc2c(c1)OC(C)(C)C[C@H]2NC(=O)c1ccc(Br)cc1. The molecule has 3 rings (SSSR count). The minimum absolute atomic E-state index is 0.0505. The van der Waals surface area contributed by atoms with Gasteiger partial charge in [-0.2, -0.15) is 0 Å². The van der Waals surface area contributed by atoms with E-state index >= 15 is 0 Å². The number of amides is 1.